The molecular weight excluding hydrogens is 240 g/mol. The van der Waals surface area contributed by atoms with E-state index >= 15 is 0 Å². The molecule has 0 spiro atoms. The van der Waals surface area contributed by atoms with Crippen LogP contribution in [-0.4, -0.2) is 60.8 Å². The van der Waals surface area contributed by atoms with Gasteiger partial charge in [0.05, 0.1) is 13.2 Å². The molecule has 5 heteroatoms. The summed E-state index contributed by atoms with van der Waals surface area (Å²) >= 11 is 0. The molecular formula is C14H22N4O. The lowest BCUT2D eigenvalue weighted by molar-refractivity contribution is 0.0320. The van der Waals surface area contributed by atoms with E-state index in [0.717, 1.165) is 56.8 Å². The zero-order valence-corrected chi connectivity index (χ0v) is 11.6. The molecule has 104 valence electrons. The van der Waals surface area contributed by atoms with Crippen molar-refractivity contribution in [1.82, 2.24) is 14.9 Å². The molecule has 2 saturated heterocycles. The number of aryl methyl sites for hydroxylation is 1. The van der Waals surface area contributed by atoms with Crippen LogP contribution in [-0.2, 0) is 4.74 Å². The van der Waals surface area contributed by atoms with Crippen molar-refractivity contribution >= 4 is 5.95 Å². The Labute approximate surface area is 114 Å². The molecule has 1 atom stereocenters. The van der Waals surface area contributed by atoms with E-state index in [4.69, 9.17) is 4.74 Å². The summed E-state index contributed by atoms with van der Waals surface area (Å²) in [5.41, 5.74) is 1.12. The Morgan fingerprint density at radius 2 is 1.95 bits per heavy atom. The number of aromatic nitrogens is 2. The van der Waals surface area contributed by atoms with Crippen LogP contribution in [0.2, 0.25) is 0 Å². The second-order valence-corrected chi connectivity index (χ2v) is 5.57. The molecule has 2 aliphatic heterocycles. The molecule has 0 aromatic carbocycles. The molecule has 0 radical (unpaired) electrons. The van der Waals surface area contributed by atoms with E-state index in [9.17, 15) is 0 Å². The highest BCUT2D eigenvalue weighted by atomic mass is 16.5. The van der Waals surface area contributed by atoms with E-state index in [1.165, 1.54) is 13.0 Å². The van der Waals surface area contributed by atoms with E-state index in [1.54, 1.807) is 0 Å². The molecule has 0 amide bonds. The van der Waals surface area contributed by atoms with Crippen LogP contribution in [0.1, 0.15) is 12.0 Å². The Morgan fingerprint density at radius 3 is 2.68 bits per heavy atom. The molecule has 19 heavy (non-hydrogen) atoms. The van der Waals surface area contributed by atoms with Gasteiger partial charge in [-0.15, -0.1) is 0 Å². The number of anilines is 1. The normalized spacial score (nSPS) is 24.9. The molecule has 0 bridgehead atoms. The van der Waals surface area contributed by atoms with Crippen molar-refractivity contribution in [2.45, 2.75) is 13.3 Å². The Balaban J connectivity index is 1.53. The number of hydrogen-bond donors (Lipinski definition) is 0. The minimum atomic E-state index is 0.739. The zero-order valence-electron chi connectivity index (χ0n) is 11.6. The van der Waals surface area contributed by atoms with Gasteiger partial charge < -0.3 is 9.64 Å². The van der Waals surface area contributed by atoms with Crippen LogP contribution in [0.25, 0.3) is 0 Å². The van der Waals surface area contributed by atoms with Gasteiger partial charge in [0.1, 0.15) is 0 Å². The SMILES string of the molecule is Cc1cnc(N2CCC(CN3CCOCC3)C2)nc1. The van der Waals surface area contributed by atoms with Crippen LogP contribution < -0.4 is 4.90 Å². The maximum absolute atomic E-state index is 5.39. The van der Waals surface area contributed by atoms with Crippen LogP contribution in [0.3, 0.4) is 0 Å². The average molecular weight is 262 g/mol. The van der Waals surface area contributed by atoms with Gasteiger partial charge in [-0.2, -0.15) is 0 Å². The van der Waals surface area contributed by atoms with Crippen molar-refractivity contribution in [3.63, 3.8) is 0 Å². The minimum absolute atomic E-state index is 0.739. The molecule has 0 aliphatic carbocycles. The van der Waals surface area contributed by atoms with E-state index in [1.807, 2.05) is 19.3 Å². The Morgan fingerprint density at radius 1 is 1.21 bits per heavy atom. The van der Waals surface area contributed by atoms with Gasteiger partial charge in [-0.3, -0.25) is 4.90 Å². The molecule has 0 saturated carbocycles. The van der Waals surface area contributed by atoms with Gasteiger partial charge in [-0.25, -0.2) is 9.97 Å². The summed E-state index contributed by atoms with van der Waals surface area (Å²) in [5, 5.41) is 0. The lowest BCUT2D eigenvalue weighted by Gasteiger charge is -2.29. The number of rotatable bonds is 3. The maximum atomic E-state index is 5.39. The average Bonchev–Trinajstić information content (AvgIpc) is 2.89. The first kappa shape index (κ1) is 12.8. The fourth-order valence-corrected chi connectivity index (χ4v) is 2.86. The van der Waals surface area contributed by atoms with E-state index in [-0.39, 0.29) is 0 Å². The summed E-state index contributed by atoms with van der Waals surface area (Å²) < 4.78 is 5.39. The van der Waals surface area contributed by atoms with Gasteiger partial charge in [0.25, 0.3) is 0 Å². The van der Waals surface area contributed by atoms with Gasteiger partial charge in [-0.05, 0) is 24.8 Å². The molecule has 0 N–H and O–H groups in total. The number of hydrogen-bond acceptors (Lipinski definition) is 5. The van der Waals surface area contributed by atoms with E-state index < -0.39 is 0 Å². The van der Waals surface area contributed by atoms with Gasteiger partial charge >= 0.3 is 0 Å². The van der Waals surface area contributed by atoms with Crippen LogP contribution in [0.5, 0.6) is 0 Å². The number of ether oxygens (including phenoxy) is 1. The fraction of sp³-hybridized carbons (Fsp3) is 0.714. The molecule has 5 nitrogen and oxygen atoms in total. The van der Waals surface area contributed by atoms with Crippen molar-refractivity contribution in [1.29, 1.82) is 0 Å². The zero-order chi connectivity index (χ0) is 13.1. The third kappa shape index (κ3) is 3.22. The summed E-state index contributed by atoms with van der Waals surface area (Å²) in [6.45, 7) is 9.31. The van der Waals surface area contributed by atoms with Crippen molar-refractivity contribution in [3.8, 4) is 0 Å². The van der Waals surface area contributed by atoms with Crippen LogP contribution in [0.4, 0.5) is 5.95 Å². The largest absolute Gasteiger partial charge is 0.379 e. The topological polar surface area (TPSA) is 41.5 Å². The molecule has 1 unspecified atom stereocenters. The number of nitrogens with zero attached hydrogens (tertiary/aromatic N) is 4. The lowest BCUT2D eigenvalue weighted by atomic mass is 10.1. The molecule has 2 fully saturated rings. The van der Waals surface area contributed by atoms with E-state index in [0.29, 0.717) is 0 Å². The molecule has 1 aromatic heterocycles. The first-order valence-electron chi connectivity index (χ1n) is 7.15. The Hall–Kier alpha value is -1.20. The summed E-state index contributed by atoms with van der Waals surface area (Å²) in [7, 11) is 0. The van der Waals surface area contributed by atoms with Gasteiger partial charge in [-0.1, -0.05) is 0 Å². The fourth-order valence-electron chi connectivity index (χ4n) is 2.86. The third-order valence-electron chi connectivity index (χ3n) is 3.96. The predicted molar refractivity (Wildman–Crippen MR) is 74.3 cm³/mol. The maximum Gasteiger partial charge on any atom is 0.225 e. The monoisotopic (exact) mass is 262 g/mol. The minimum Gasteiger partial charge on any atom is -0.379 e. The van der Waals surface area contributed by atoms with Crippen molar-refractivity contribution in [2.24, 2.45) is 5.92 Å². The number of morpholine rings is 1. The molecule has 3 heterocycles. The molecule has 2 aliphatic rings. The summed E-state index contributed by atoms with van der Waals surface area (Å²) in [6.07, 6.45) is 5.05. The van der Waals surface area contributed by atoms with Crippen LogP contribution in [0, 0.1) is 12.8 Å². The third-order valence-corrected chi connectivity index (χ3v) is 3.96. The van der Waals surface area contributed by atoms with Gasteiger partial charge in [0.2, 0.25) is 5.95 Å². The van der Waals surface area contributed by atoms with Gasteiger partial charge in [0.15, 0.2) is 0 Å². The first-order chi connectivity index (χ1) is 9.31. The second-order valence-electron chi connectivity index (χ2n) is 5.57. The molecule has 3 rings (SSSR count). The van der Waals surface area contributed by atoms with E-state index in [2.05, 4.69) is 19.8 Å². The van der Waals surface area contributed by atoms with Crippen molar-refractivity contribution < 1.29 is 4.74 Å². The Kier molecular flexibility index (Phi) is 3.94. The van der Waals surface area contributed by atoms with Crippen LogP contribution in [0.15, 0.2) is 12.4 Å². The van der Waals surface area contributed by atoms with Crippen LogP contribution >= 0.6 is 0 Å². The van der Waals surface area contributed by atoms with Crippen molar-refractivity contribution in [3.05, 3.63) is 18.0 Å². The first-order valence-corrected chi connectivity index (χ1v) is 7.15. The highest BCUT2D eigenvalue weighted by Crippen LogP contribution is 2.21. The standard InChI is InChI=1S/C14H22N4O/c1-12-8-15-14(16-9-12)18-3-2-13(11-18)10-17-4-6-19-7-5-17/h8-9,13H,2-7,10-11H2,1H3. The quantitative estimate of drug-likeness (QED) is 0.811. The summed E-state index contributed by atoms with van der Waals surface area (Å²) in [4.78, 5) is 13.7. The summed E-state index contributed by atoms with van der Waals surface area (Å²) in [5.74, 6) is 1.62. The van der Waals surface area contributed by atoms with Gasteiger partial charge in [0, 0.05) is 45.1 Å². The highest BCUT2D eigenvalue weighted by Gasteiger charge is 2.26. The molecule has 1 aromatic rings. The smallest absolute Gasteiger partial charge is 0.225 e. The van der Waals surface area contributed by atoms with Crippen molar-refractivity contribution in [2.75, 3.05) is 50.8 Å². The highest BCUT2D eigenvalue weighted by molar-refractivity contribution is 5.31. The second kappa shape index (κ2) is 5.84. The lowest BCUT2D eigenvalue weighted by Crippen LogP contribution is -2.40. The summed E-state index contributed by atoms with van der Waals surface area (Å²) in [6, 6.07) is 0. The predicted octanol–water partition coefficient (Wildman–Crippen LogP) is 0.944. The Bertz CT molecular complexity index is 402.